The average Bonchev–Trinajstić information content (AvgIpc) is 3.46. The molecule has 1 saturated carbocycles. The average molecular weight is 515 g/mol. The Morgan fingerprint density at radius 3 is 2.58 bits per heavy atom. The Labute approximate surface area is 222 Å². The molecule has 2 aromatic rings. The lowest BCUT2D eigenvalue weighted by molar-refractivity contribution is -0.146. The second-order valence-corrected chi connectivity index (χ2v) is 11.2. The van der Waals surface area contributed by atoms with Crippen LogP contribution in [0.3, 0.4) is 0 Å². The lowest BCUT2D eigenvalue weighted by Gasteiger charge is -2.48. The second-order valence-electron chi connectivity index (χ2n) is 11.2. The Morgan fingerprint density at radius 2 is 1.84 bits per heavy atom. The zero-order valence-corrected chi connectivity index (χ0v) is 22.1. The number of hydrogen-bond donors (Lipinski definition) is 3. The summed E-state index contributed by atoms with van der Waals surface area (Å²) < 4.78 is 0. The number of amides is 1. The molecule has 0 radical (unpaired) electrons. The normalized spacial score (nSPS) is 38.7. The van der Waals surface area contributed by atoms with E-state index < -0.39 is 41.1 Å². The van der Waals surface area contributed by atoms with Crippen molar-refractivity contribution in [2.24, 2.45) is 35.0 Å². The van der Waals surface area contributed by atoms with Crippen LogP contribution in [0.15, 0.2) is 65.9 Å². The van der Waals surface area contributed by atoms with E-state index in [0.717, 1.165) is 22.5 Å². The Hall–Kier alpha value is -3.58. The third kappa shape index (κ3) is 3.75. The van der Waals surface area contributed by atoms with Crippen molar-refractivity contribution in [2.75, 3.05) is 0 Å². The molecule has 2 fully saturated rings. The van der Waals surface area contributed by atoms with E-state index in [1.165, 1.54) is 0 Å². The predicted molar refractivity (Wildman–Crippen MR) is 144 cm³/mol. The van der Waals surface area contributed by atoms with Gasteiger partial charge in [0, 0.05) is 40.1 Å². The van der Waals surface area contributed by atoms with Gasteiger partial charge in [0.15, 0.2) is 5.78 Å². The molecule has 7 nitrogen and oxygen atoms in total. The first-order valence-corrected chi connectivity index (χ1v) is 13.3. The third-order valence-electron chi connectivity index (χ3n) is 9.09. The highest BCUT2D eigenvalue weighted by atomic mass is 16.3. The van der Waals surface area contributed by atoms with E-state index in [-0.39, 0.29) is 29.1 Å². The minimum Gasteiger partial charge on any atom is -0.381 e. The number of fused-ring (bicyclic) bond motifs is 1. The van der Waals surface area contributed by atoms with Gasteiger partial charge in [0.25, 0.3) is 0 Å². The van der Waals surface area contributed by atoms with Crippen molar-refractivity contribution in [3.8, 4) is 0 Å². The number of rotatable bonds is 2. The van der Waals surface area contributed by atoms with Crippen molar-refractivity contribution in [2.45, 2.75) is 46.3 Å². The highest BCUT2D eigenvalue weighted by Crippen LogP contribution is 2.61. The first-order chi connectivity index (χ1) is 18.1. The molecule has 1 aromatic carbocycles. The SMILES string of the molecule is C/C1=C\C(C)CC=C[C@H]2C(=O)[C@@H](C)[C@@H](C)C3[C@H](c4c[nH]c5ccccc45)NC(=O)[C@]32/C(C=O)=C\C(=O)C1O. The molecule has 5 rings (SSSR count). The summed E-state index contributed by atoms with van der Waals surface area (Å²) in [6.07, 6.45) is 8.11. The molecule has 3 N–H and O–H groups in total. The smallest absolute Gasteiger partial charge is 0.232 e. The molecular weight excluding hydrogens is 480 g/mol. The van der Waals surface area contributed by atoms with Crippen molar-refractivity contribution >= 4 is 34.7 Å². The Kier molecular flexibility index (Phi) is 6.59. The van der Waals surface area contributed by atoms with Crippen LogP contribution < -0.4 is 5.32 Å². The summed E-state index contributed by atoms with van der Waals surface area (Å²) in [5, 5.41) is 14.9. The standard InChI is InChI=1S/C31H34N2O5/c1-16-8-7-10-23-29(37)19(4)18(3)26-27(22-14-32-24-11-6-5-9-21(22)24)33-30(38)31(23,26)20(15-34)13-25(35)28(36)17(2)12-16/h5-7,9-16,18-19,23,26-28,32,36H,8H2,1-4H3,(H,33,38)/b10-7?,17-12+,20-13-/t16?,18-,19+,23+,26?,27+,28?,31+/m1/s1. The van der Waals surface area contributed by atoms with Crippen LogP contribution in [0.4, 0.5) is 0 Å². The number of Topliss-reactive ketones (excluding diaryl/α,β-unsaturated/α-hetero) is 1. The molecule has 0 bridgehead atoms. The summed E-state index contributed by atoms with van der Waals surface area (Å²) >= 11 is 0. The molecule has 1 saturated heterocycles. The van der Waals surface area contributed by atoms with Gasteiger partial charge in [-0.2, -0.15) is 0 Å². The number of H-pyrrole nitrogens is 1. The van der Waals surface area contributed by atoms with Gasteiger partial charge in [0.2, 0.25) is 5.91 Å². The Balaban J connectivity index is 1.78. The monoisotopic (exact) mass is 514 g/mol. The molecule has 2 aliphatic carbocycles. The summed E-state index contributed by atoms with van der Waals surface area (Å²) in [4.78, 5) is 57.4. The molecule has 3 unspecified atom stereocenters. The zero-order valence-electron chi connectivity index (χ0n) is 22.1. The van der Waals surface area contributed by atoms with Gasteiger partial charge in [0.1, 0.15) is 18.2 Å². The fourth-order valence-corrected chi connectivity index (χ4v) is 7.03. The third-order valence-corrected chi connectivity index (χ3v) is 9.09. The Morgan fingerprint density at radius 1 is 1.11 bits per heavy atom. The van der Waals surface area contributed by atoms with Crippen LogP contribution in [0.25, 0.3) is 10.9 Å². The van der Waals surface area contributed by atoms with Gasteiger partial charge in [-0.15, -0.1) is 0 Å². The van der Waals surface area contributed by atoms with Gasteiger partial charge in [-0.1, -0.05) is 57.2 Å². The van der Waals surface area contributed by atoms with E-state index in [1.807, 2.05) is 63.4 Å². The van der Waals surface area contributed by atoms with Gasteiger partial charge < -0.3 is 15.4 Å². The maximum absolute atomic E-state index is 14.2. The number of ketones is 2. The maximum atomic E-state index is 14.2. The van der Waals surface area contributed by atoms with Crippen LogP contribution in [0.5, 0.6) is 0 Å². The number of aliphatic hydroxyl groups excluding tert-OH is 1. The van der Waals surface area contributed by atoms with Crippen LogP contribution >= 0.6 is 0 Å². The molecule has 7 heteroatoms. The summed E-state index contributed by atoms with van der Waals surface area (Å²) in [7, 11) is 0. The highest BCUT2D eigenvalue weighted by molar-refractivity contribution is 6.08. The van der Waals surface area contributed by atoms with Crippen molar-refractivity contribution in [1.29, 1.82) is 0 Å². The zero-order chi connectivity index (χ0) is 27.4. The molecule has 2 heterocycles. The number of carbonyl (C=O) groups excluding carboxylic acids is 4. The largest absolute Gasteiger partial charge is 0.381 e. The van der Waals surface area contributed by atoms with Gasteiger partial charge in [-0.3, -0.25) is 19.2 Å². The number of para-hydroxylation sites is 1. The topological polar surface area (TPSA) is 116 Å². The first kappa shape index (κ1) is 26.0. The molecule has 1 aliphatic heterocycles. The van der Waals surface area contributed by atoms with E-state index in [2.05, 4.69) is 10.3 Å². The number of nitrogens with one attached hydrogen (secondary N) is 2. The van der Waals surface area contributed by atoms with Crippen molar-refractivity contribution in [1.82, 2.24) is 10.3 Å². The molecular formula is C31H34N2O5. The number of hydrogen-bond acceptors (Lipinski definition) is 5. The van der Waals surface area contributed by atoms with Gasteiger partial charge >= 0.3 is 0 Å². The summed E-state index contributed by atoms with van der Waals surface area (Å²) in [5.74, 6) is -3.31. The lowest BCUT2D eigenvalue weighted by Crippen LogP contribution is -2.55. The highest BCUT2D eigenvalue weighted by Gasteiger charge is 2.68. The van der Waals surface area contributed by atoms with Gasteiger partial charge in [-0.05, 0) is 42.9 Å². The molecule has 8 atom stereocenters. The van der Waals surface area contributed by atoms with E-state index in [1.54, 1.807) is 13.0 Å². The molecule has 3 aliphatic rings. The minimum atomic E-state index is -1.58. The quantitative estimate of drug-likeness (QED) is 0.414. The molecule has 1 amide bonds. The molecule has 1 aromatic heterocycles. The number of aromatic nitrogens is 1. The van der Waals surface area contributed by atoms with Crippen LogP contribution in [-0.4, -0.2) is 40.0 Å². The van der Waals surface area contributed by atoms with Gasteiger partial charge in [0.05, 0.1) is 17.4 Å². The molecule has 1 spiro atoms. The van der Waals surface area contributed by atoms with Crippen LogP contribution in [0.2, 0.25) is 0 Å². The second kappa shape index (κ2) is 9.62. The molecule has 198 valence electrons. The first-order valence-electron chi connectivity index (χ1n) is 13.3. The number of aromatic amines is 1. The fourth-order valence-electron chi connectivity index (χ4n) is 7.03. The lowest BCUT2D eigenvalue weighted by atomic mass is 9.50. The van der Waals surface area contributed by atoms with Crippen LogP contribution in [0.1, 0.15) is 45.7 Å². The summed E-state index contributed by atoms with van der Waals surface area (Å²) in [6.45, 7) is 7.46. The minimum absolute atomic E-state index is 0.000748. The number of aldehydes is 1. The van der Waals surface area contributed by atoms with Gasteiger partial charge in [-0.25, -0.2) is 0 Å². The van der Waals surface area contributed by atoms with Crippen LogP contribution in [0, 0.1) is 35.0 Å². The van der Waals surface area contributed by atoms with Crippen LogP contribution in [-0.2, 0) is 19.2 Å². The fraction of sp³-hybridized carbons (Fsp3) is 0.419. The number of aliphatic hydroxyl groups is 1. The summed E-state index contributed by atoms with van der Waals surface area (Å²) in [5.41, 5.74) is 0.635. The van der Waals surface area contributed by atoms with E-state index >= 15 is 0 Å². The molecule has 38 heavy (non-hydrogen) atoms. The van der Waals surface area contributed by atoms with E-state index in [9.17, 15) is 24.3 Å². The van der Waals surface area contributed by atoms with Crippen molar-refractivity contribution in [3.05, 3.63) is 71.5 Å². The van der Waals surface area contributed by atoms with Crippen molar-refractivity contribution < 1.29 is 24.3 Å². The van der Waals surface area contributed by atoms with Crippen molar-refractivity contribution in [3.63, 3.8) is 0 Å². The summed E-state index contributed by atoms with van der Waals surface area (Å²) in [6, 6.07) is 7.30. The van der Waals surface area contributed by atoms with E-state index in [0.29, 0.717) is 18.3 Å². The number of benzene rings is 1. The number of allylic oxidation sites excluding steroid dienone is 3. The predicted octanol–water partition coefficient (Wildman–Crippen LogP) is 4.01. The maximum Gasteiger partial charge on any atom is 0.232 e. The number of carbonyl (C=O) groups is 4. The van der Waals surface area contributed by atoms with E-state index in [4.69, 9.17) is 0 Å². The Bertz CT molecular complexity index is 1410.